The highest BCUT2D eigenvalue weighted by Gasteiger charge is 2.35. The van der Waals surface area contributed by atoms with Crippen molar-refractivity contribution in [3.8, 4) is 0 Å². The predicted octanol–water partition coefficient (Wildman–Crippen LogP) is 4.95. The smallest absolute Gasteiger partial charge is 0.332 e. The first kappa shape index (κ1) is 18.4. The molecule has 1 aliphatic carbocycles. The first-order valence-corrected chi connectivity index (χ1v) is 8.87. The van der Waals surface area contributed by atoms with Gasteiger partial charge in [0.2, 0.25) is 0 Å². The Bertz CT molecular complexity index is 1130. The van der Waals surface area contributed by atoms with Gasteiger partial charge in [0, 0.05) is 18.1 Å². The summed E-state index contributed by atoms with van der Waals surface area (Å²) in [6.07, 6.45) is -0.925. The van der Waals surface area contributed by atoms with E-state index >= 15 is 0 Å². The van der Waals surface area contributed by atoms with E-state index in [1.165, 1.54) is 0 Å². The Kier molecular flexibility index (Phi) is 4.53. The third-order valence-corrected chi connectivity index (χ3v) is 4.80. The Morgan fingerprint density at radius 1 is 1.07 bits per heavy atom. The summed E-state index contributed by atoms with van der Waals surface area (Å²) in [5.41, 5.74) is -1.84. The van der Waals surface area contributed by atoms with Crippen LogP contribution in [0.3, 0.4) is 0 Å². The molecule has 1 saturated carbocycles. The third-order valence-electron chi connectivity index (χ3n) is 4.80. The van der Waals surface area contributed by atoms with Crippen LogP contribution in [0.2, 0.25) is 0 Å². The molecule has 0 saturated heterocycles. The van der Waals surface area contributed by atoms with E-state index in [1.807, 2.05) is 22.8 Å². The van der Waals surface area contributed by atoms with Crippen LogP contribution in [0.1, 0.15) is 28.8 Å². The normalized spacial score (nSPS) is 15.2. The van der Waals surface area contributed by atoms with Crippen LogP contribution in [0.4, 0.5) is 17.6 Å². The van der Waals surface area contributed by atoms with Gasteiger partial charge in [-0.2, -0.15) is 18.2 Å². The lowest BCUT2D eigenvalue weighted by molar-refractivity contribution is -0.140. The minimum atomic E-state index is -4.88. The second kappa shape index (κ2) is 6.89. The number of hydrogen-bond acceptors (Lipinski definition) is 1. The first-order chi connectivity index (χ1) is 13.3. The molecular weight excluding hydrogens is 372 g/mol. The van der Waals surface area contributed by atoms with Crippen molar-refractivity contribution in [3.63, 3.8) is 0 Å². The van der Waals surface area contributed by atoms with E-state index in [4.69, 9.17) is 0 Å². The Hall–Kier alpha value is -2.96. The highest BCUT2D eigenvalue weighted by Crippen LogP contribution is 2.32. The lowest BCUT2D eigenvalue weighted by atomic mass is 10.1. The molecule has 0 spiro atoms. The van der Waals surface area contributed by atoms with Gasteiger partial charge in [-0.1, -0.05) is 30.3 Å². The number of pyridine rings is 1. The lowest BCUT2D eigenvalue weighted by Crippen LogP contribution is -2.24. The van der Waals surface area contributed by atoms with Crippen LogP contribution in [0.5, 0.6) is 0 Å². The first-order valence-electron chi connectivity index (χ1n) is 8.87. The number of hydrogen-bond donors (Lipinski definition) is 0. The molecule has 7 heteroatoms. The molecule has 2 aromatic carbocycles. The molecule has 3 aromatic rings. The van der Waals surface area contributed by atoms with Crippen molar-refractivity contribution >= 4 is 16.7 Å². The Morgan fingerprint density at radius 3 is 2.54 bits per heavy atom. The van der Waals surface area contributed by atoms with Gasteiger partial charge >= 0.3 is 6.18 Å². The average Bonchev–Trinajstić information content (AvgIpc) is 3.47. The van der Waals surface area contributed by atoms with Gasteiger partial charge in [-0.3, -0.25) is 4.79 Å². The van der Waals surface area contributed by atoms with Gasteiger partial charge in [0.05, 0.1) is 11.1 Å². The summed E-state index contributed by atoms with van der Waals surface area (Å²) in [7, 11) is 0. The average molecular weight is 388 g/mol. The van der Waals surface area contributed by atoms with Crippen molar-refractivity contribution in [3.05, 3.63) is 77.2 Å². The molecule has 144 valence electrons. The van der Waals surface area contributed by atoms with Crippen molar-refractivity contribution < 1.29 is 22.4 Å². The molecular formula is C21H16F4N2O. The summed E-state index contributed by atoms with van der Waals surface area (Å²) in [4.78, 5) is 16.7. The van der Waals surface area contributed by atoms with E-state index in [-0.39, 0.29) is 0 Å². The highest BCUT2D eigenvalue weighted by molar-refractivity contribution is 5.96. The second-order valence-corrected chi connectivity index (χ2v) is 6.90. The molecule has 0 N–H and O–H groups in total. The molecule has 1 heterocycles. The van der Waals surface area contributed by atoms with Crippen LogP contribution in [0.25, 0.3) is 10.8 Å². The zero-order chi connectivity index (χ0) is 19.9. The van der Waals surface area contributed by atoms with E-state index < -0.39 is 29.0 Å². The van der Waals surface area contributed by atoms with E-state index in [1.54, 1.807) is 18.3 Å². The number of halogens is 4. The highest BCUT2D eigenvalue weighted by atomic mass is 19.4. The number of alkyl halides is 3. The molecule has 0 atom stereocenters. The zero-order valence-electron chi connectivity index (χ0n) is 14.7. The summed E-state index contributed by atoms with van der Waals surface area (Å²) >= 11 is 0. The maximum Gasteiger partial charge on any atom is 0.419 e. The monoisotopic (exact) mass is 388 g/mol. The van der Waals surface area contributed by atoms with Gasteiger partial charge < -0.3 is 4.57 Å². The van der Waals surface area contributed by atoms with E-state index in [2.05, 4.69) is 4.99 Å². The standard InChI is InChI=1S/C21H16F4N2O/c22-18-16(6-3-7-17(18)21(23,24)25)20(28)26-19-15-5-2-1-4-14(15)10-11-27(19)12-13-8-9-13/h1-7,10-11,13H,8-9,12H2/b26-19+. The number of benzene rings is 2. The maximum absolute atomic E-state index is 14.3. The summed E-state index contributed by atoms with van der Waals surface area (Å²) in [5, 5.41) is 1.52. The van der Waals surface area contributed by atoms with E-state index in [0.29, 0.717) is 29.4 Å². The van der Waals surface area contributed by atoms with E-state index in [9.17, 15) is 22.4 Å². The molecule has 1 fully saturated rings. The Labute approximate surface area is 158 Å². The van der Waals surface area contributed by atoms with Gasteiger partial charge in [0.15, 0.2) is 0 Å². The number of fused-ring (bicyclic) bond motifs is 1. The fourth-order valence-electron chi connectivity index (χ4n) is 3.16. The molecule has 1 aliphatic rings. The molecule has 28 heavy (non-hydrogen) atoms. The largest absolute Gasteiger partial charge is 0.419 e. The quantitative estimate of drug-likeness (QED) is 0.585. The molecule has 1 amide bonds. The van der Waals surface area contributed by atoms with Crippen molar-refractivity contribution in [2.24, 2.45) is 10.9 Å². The van der Waals surface area contributed by atoms with Crippen LogP contribution >= 0.6 is 0 Å². The minimum absolute atomic E-state index is 0.326. The summed E-state index contributed by atoms with van der Waals surface area (Å²) in [5.74, 6) is -2.15. The number of rotatable bonds is 3. The number of aromatic nitrogens is 1. The van der Waals surface area contributed by atoms with Crippen molar-refractivity contribution in [1.29, 1.82) is 0 Å². The SMILES string of the molecule is O=C(/N=c1\c2ccccc2ccn1CC1CC1)c1cccc(C(F)(F)F)c1F. The molecule has 3 nitrogen and oxygen atoms in total. The fraction of sp³-hybridized carbons (Fsp3) is 0.238. The topological polar surface area (TPSA) is 34.4 Å². The number of amides is 1. The molecule has 0 radical (unpaired) electrons. The van der Waals surface area contributed by atoms with Gasteiger partial charge in [-0.25, -0.2) is 4.39 Å². The fourth-order valence-corrected chi connectivity index (χ4v) is 3.16. The van der Waals surface area contributed by atoms with Crippen LogP contribution in [0.15, 0.2) is 59.7 Å². The van der Waals surface area contributed by atoms with Gasteiger partial charge in [-0.05, 0) is 42.3 Å². The van der Waals surface area contributed by atoms with Crippen molar-refractivity contribution in [2.45, 2.75) is 25.6 Å². The Morgan fingerprint density at radius 2 is 1.82 bits per heavy atom. The van der Waals surface area contributed by atoms with Gasteiger partial charge in [0.1, 0.15) is 11.3 Å². The number of carbonyl (C=O) groups is 1. The van der Waals surface area contributed by atoms with Crippen LogP contribution < -0.4 is 5.49 Å². The summed E-state index contributed by atoms with van der Waals surface area (Å²) in [6.45, 7) is 0.655. The van der Waals surface area contributed by atoms with Gasteiger partial charge in [0.25, 0.3) is 5.91 Å². The second-order valence-electron chi connectivity index (χ2n) is 6.90. The third kappa shape index (κ3) is 3.56. The Balaban J connectivity index is 1.87. The number of carbonyl (C=O) groups excluding carboxylic acids is 1. The zero-order valence-corrected chi connectivity index (χ0v) is 14.7. The lowest BCUT2D eigenvalue weighted by Gasteiger charge is -2.11. The van der Waals surface area contributed by atoms with Crippen LogP contribution in [-0.4, -0.2) is 10.5 Å². The summed E-state index contributed by atoms with van der Waals surface area (Å²) < 4.78 is 55.0. The van der Waals surface area contributed by atoms with E-state index in [0.717, 1.165) is 30.4 Å². The van der Waals surface area contributed by atoms with Gasteiger partial charge in [-0.15, -0.1) is 0 Å². The molecule has 0 bridgehead atoms. The maximum atomic E-state index is 14.3. The van der Waals surface area contributed by atoms with Crippen LogP contribution in [0, 0.1) is 11.7 Å². The van der Waals surface area contributed by atoms with Crippen molar-refractivity contribution in [1.82, 2.24) is 4.57 Å². The molecule has 1 aromatic heterocycles. The molecule has 0 aliphatic heterocycles. The minimum Gasteiger partial charge on any atom is -0.332 e. The predicted molar refractivity (Wildman–Crippen MR) is 96.0 cm³/mol. The molecule has 0 unspecified atom stereocenters. The summed E-state index contributed by atoms with van der Waals surface area (Å²) in [6, 6.07) is 11.8. The van der Waals surface area contributed by atoms with Crippen LogP contribution in [-0.2, 0) is 12.7 Å². The van der Waals surface area contributed by atoms with Crippen molar-refractivity contribution in [2.75, 3.05) is 0 Å². The number of nitrogens with zero attached hydrogens (tertiary/aromatic N) is 2. The molecule has 4 rings (SSSR count).